The van der Waals surface area contributed by atoms with E-state index in [1.807, 2.05) is 43.3 Å². The predicted octanol–water partition coefficient (Wildman–Crippen LogP) is 8.38. The number of carbonyl (C=O) groups is 2. The lowest BCUT2D eigenvalue weighted by Crippen LogP contribution is -2.70. The van der Waals surface area contributed by atoms with Crippen molar-refractivity contribution in [1.82, 2.24) is 10.2 Å². The fraction of sp³-hybridized carbons (Fsp3) is 0.521. The van der Waals surface area contributed by atoms with E-state index in [0.29, 0.717) is 49.6 Å². The topological polar surface area (TPSA) is 158 Å². The van der Waals surface area contributed by atoms with Gasteiger partial charge < -0.3 is 44.1 Å². The van der Waals surface area contributed by atoms with Gasteiger partial charge in [-0.3, -0.25) is 4.90 Å². The number of rotatable bonds is 18. The van der Waals surface area contributed by atoms with Gasteiger partial charge in [0.05, 0.1) is 38.5 Å². The van der Waals surface area contributed by atoms with Gasteiger partial charge >= 0.3 is 12.2 Å². The summed E-state index contributed by atoms with van der Waals surface area (Å²) >= 11 is 0. The van der Waals surface area contributed by atoms with Crippen LogP contribution < -0.4 is 14.8 Å². The Morgan fingerprint density at radius 3 is 2.59 bits per heavy atom. The number of methoxy groups -OCH3 is 1. The molecule has 2 fully saturated rings. The van der Waals surface area contributed by atoms with Gasteiger partial charge in [-0.05, 0) is 97.4 Å². The van der Waals surface area contributed by atoms with E-state index in [-0.39, 0.29) is 50.5 Å². The number of ether oxygens (including phenoxy) is 5. The summed E-state index contributed by atoms with van der Waals surface area (Å²) in [5.74, 6) is -1.44. The molecule has 0 aromatic heterocycles. The summed E-state index contributed by atoms with van der Waals surface area (Å²) in [7, 11) is 1.38. The summed E-state index contributed by atoms with van der Waals surface area (Å²) in [5, 5.41) is 29.6. The first-order valence-corrected chi connectivity index (χ1v) is 22.0. The van der Waals surface area contributed by atoms with E-state index < -0.39 is 36.2 Å². The van der Waals surface area contributed by atoms with Gasteiger partial charge in [-0.25, -0.2) is 9.59 Å². The summed E-state index contributed by atoms with van der Waals surface area (Å²) in [5.41, 5.74) is 3.31. The molecule has 2 heterocycles. The molecule has 0 radical (unpaired) electrons. The van der Waals surface area contributed by atoms with Crippen LogP contribution in [0.5, 0.6) is 11.5 Å². The molecule has 2 aliphatic heterocycles. The minimum absolute atomic E-state index is 0.0136. The number of hydrogen-bond donors (Lipinski definition) is 3. The third kappa shape index (κ3) is 9.60. The van der Waals surface area contributed by atoms with Crippen molar-refractivity contribution in [2.75, 3.05) is 40.1 Å². The second-order valence-corrected chi connectivity index (χ2v) is 16.3. The van der Waals surface area contributed by atoms with E-state index in [1.165, 1.54) is 7.11 Å². The van der Waals surface area contributed by atoms with E-state index in [4.69, 9.17) is 33.7 Å². The SMILES string of the molecule is C=CCOC12Oc3ccc(OC(=O)NCC)cc3C3C(CCCCO)C(CCCCO)C=C(C(=NOC4CCCCO4)CC1N(Cc1cccc4ccccc14)C(=O)OC)C32. The zero-order valence-electron chi connectivity index (χ0n) is 35.5. The van der Waals surface area contributed by atoms with Crippen LogP contribution in [0.15, 0.2) is 90.1 Å². The van der Waals surface area contributed by atoms with Gasteiger partial charge in [0, 0.05) is 44.1 Å². The fourth-order valence-corrected chi connectivity index (χ4v) is 9.95. The first-order valence-electron chi connectivity index (χ1n) is 22.0. The molecule has 328 valence electrons. The van der Waals surface area contributed by atoms with E-state index in [9.17, 15) is 19.8 Å². The molecular formula is C48H61N3O10. The lowest BCUT2D eigenvalue weighted by Gasteiger charge is -2.59. The number of oxime groups is 1. The van der Waals surface area contributed by atoms with E-state index >= 15 is 0 Å². The number of allylic oxidation sites excluding steroid dienone is 1. The predicted molar refractivity (Wildman–Crippen MR) is 231 cm³/mol. The van der Waals surface area contributed by atoms with Gasteiger partial charge in [0.15, 0.2) is 0 Å². The second kappa shape index (κ2) is 20.7. The normalized spacial score (nSPS) is 26.0. The van der Waals surface area contributed by atoms with Crippen molar-refractivity contribution in [3.63, 3.8) is 0 Å². The Morgan fingerprint density at radius 1 is 1.03 bits per heavy atom. The van der Waals surface area contributed by atoms with Crippen LogP contribution in [0.1, 0.15) is 88.2 Å². The molecule has 7 unspecified atom stereocenters. The van der Waals surface area contributed by atoms with Crippen LogP contribution in [0.25, 0.3) is 10.8 Å². The number of unbranched alkanes of at least 4 members (excludes halogenated alkanes) is 2. The summed E-state index contributed by atoms with van der Waals surface area (Å²) in [6.45, 7) is 7.28. The Balaban J connectivity index is 1.46. The van der Waals surface area contributed by atoms with Crippen LogP contribution in [0.4, 0.5) is 9.59 Å². The Kier molecular flexibility index (Phi) is 15.0. The van der Waals surface area contributed by atoms with Crippen LogP contribution in [-0.4, -0.2) is 91.2 Å². The molecule has 1 saturated carbocycles. The minimum atomic E-state index is -1.50. The summed E-state index contributed by atoms with van der Waals surface area (Å²) in [4.78, 5) is 35.2. The Labute approximate surface area is 358 Å². The summed E-state index contributed by atoms with van der Waals surface area (Å²) in [6, 6.07) is 18.8. The lowest BCUT2D eigenvalue weighted by molar-refractivity contribution is -0.256. The third-order valence-corrected chi connectivity index (χ3v) is 12.6. The molecule has 7 atom stereocenters. The second-order valence-electron chi connectivity index (χ2n) is 16.3. The number of amides is 2. The number of hydrogen-bond acceptors (Lipinski definition) is 11. The highest BCUT2D eigenvalue weighted by atomic mass is 16.8. The zero-order valence-corrected chi connectivity index (χ0v) is 35.5. The molecule has 3 aromatic rings. The van der Waals surface area contributed by atoms with Crippen LogP contribution >= 0.6 is 0 Å². The van der Waals surface area contributed by atoms with Crippen molar-refractivity contribution in [1.29, 1.82) is 0 Å². The number of aliphatic hydroxyl groups excluding tert-OH is 2. The first kappa shape index (κ1) is 44.1. The number of nitrogens with one attached hydrogen (secondary N) is 1. The van der Waals surface area contributed by atoms with Crippen molar-refractivity contribution < 1.29 is 48.3 Å². The number of carbonyl (C=O) groups excluding carboxylic acids is 2. The van der Waals surface area contributed by atoms with Gasteiger partial charge in [-0.15, -0.1) is 6.58 Å². The van der Waals surface area contributed by atoms with Crippen LogP contribution in [0, 0.1) is 17.8 Å². The average Bonchev–Trinajstić information content (AvgIpc) is 3.28. The lowest BCUT2D eigenvalue weighted by atomic mass is 9.55. The van der Waals surface area contributed by atoms with Crippen LogP contribution in [0.2, 0.25) is 0 Å². The zero-order chi connectivity index (χ0) is 42.8. The Bertz CT molecular complexity index is 2040. The van der Waals surface area contributed by atoms with E-state index in [0.717, 1.165) is 66.0 Å². The molecule has 13 heteroatoms. The molecule has 0 spiro atoms. The highest BCUT2D eigenvalue weighted by Gasteiger charge is 2.65. The standard InChI is InChI=1S/C48H61N3O10/c1-4-26-58-48-42(51(47(55)56-3)31-34-18-14-17-32-15-6-7-19-36(32)34)30-40(50-61-43-21-10-13-27-57-43)38-28-33(16-8-11-24-52)37(20-9-12-25-53)44(45(38)48)39-29-35(22-23-41(39)60-48)59-46(54)49-5-2/h4,6-7,14-15,17-19,22-23,28-29,33,37,42-45,52-53H,1,5,8-13,16,20-21,24-27,30-31H2,2-3H3,(H,49,54). The molecule has 3 aromatic carbocycles. The van der Waals surface area contributed by atoms with Gasteiger partial charge in [0.2, 0.25) is 12.1 Å². The molecule has 13 nitrogen and oxygen atoms in total. The summed E-state index contributed by atoms with van der Waals surface area (Å²) < 4.78 is 31.8. The summed E-state index contributed by atoms with van der Waals surface area (Å²) in [6.07, 6.45) is 9.55. The molecule has 3 N–H and O–H groups in total. The van der Waals surface area contributed by atoms with Crippen LogP contribution in [-0.2, 0) is 25.6 Å². The quantitative estimate of drug-likeness (QED) is 0.0646. The monoisotopic (exact) mass is 839 g/mol. The molecule has 2 amide bonds. The Morgan fingerprint density at radius 2 is 1.84 bits per heavy atom. The number of aliphatic hydroxyl groups is 2. The fourth-order valence-electron chi connectivity index (χ4n) is 9.95. The largest absolute Gasteiger partial charge is 0.459 e. The number of nitrogens with zero attached hydrogens (tertiary/aromatic N) is 2. The van der Waals surface area contributed by atoms with Gasteiger partial charge in [-0.1, -0.05) is 72.6 Å². The highest BCUT2D eigenvalue weighted by molar-refractivity contribution is 6.03. The van der Waals surface area contributed by atoms with Crippen molar-refractivity contribution in [3.05, 3.63) is 96.1 Å². The number of benzene rings is 3. The maximum absolute atomic E-state index is 14.5. The smallest absolute Gasteiger partial charge is 0.412 e. The van der Waals surface area contributed by atoms with Gasteiger partial charge in [0.25, 0.3) is 0 Å². The van der Waals surface area contributed by atoms with Crippen molar-refractivity contribution in [2.24, 2.45) is 22.9 Å². The van der Waals surface area contributed by atoms with Crippen molar-refractivity contribution in [2.45, 2.75) is 102 Å². The molecule has 4 aliphatic rings. The van der Waals surface area contributed by atoms with Gasteiger partial charge in [-0.2, -0.15) is 0 Å². The maximum atomic E-state index is 14.5. The van der Waals surface area contributed by atoms with Crippen molar-refractivity contribution in [3.8, 4) is 11.5 Å². The Hall–Kier alpha value is -4.95. The third-order valence-electron chi connectivity index (χ3n) is 12.6. The maximum Gasteiger partial charge on any atom is 0.412 e. The average molecular weight is 840 g/mol. The minimum Gasteiger partial charge on any atom is -0.459 e. The first-order chi connectivity index (χ1) is 29.8. The molecular weight excluding hydrogens is 779 g/mol. The highest BCUT2D eigenvalue weighted by Crippen LogP contribution is 2.62. The molecule has 0 bridgehead atoms. The molecule has 61 heavy (non-hydrogen) atoms. The number of fused-ring (bicyclic) bond motifs is 3. The van der Waals surface area contributed by atoms with E-state index in [2.05, 4.69) is 36.2 Å². The molecule has 1 saturated heterocycles. The van der Waals surface area contributed by atoms with Gasteiger partial charge in [0.1, 0.15) is 17.5 Å². The van der Waals surface area contributed by atoms with Crippen LogP contribution in [0.3, 0.4) is 0 Å². The van der Waals surface area contributed by atoms with Crippen molar-refractivity contribution >= 4 is 28.7 Å². The molecule has 2 aliphatic carbocycles. The molecule has 7 rings (SSSR count). The van der Waals surface area contributed by atoms with E-state index in [1.54, 1.807) is 17.0 Å².